The maximum Gasteiger partial charge on any atom is 0.340 e. The summed E-state index contributed by atoms with van der Waals surface area (Å²) in [5.74, 6) is -1.75. The second-order valence-electron chi connectivity index (χ2n) is 5.47. The van der Waals surface area contributed by atoms with Crippen LogP contribution in [0, 0.1) is 5.92 Å². The van der Waals surface area contributed by atoms with Crippen LogP contribution >= 0.6 is 23.2 Å². The van der Waals surface area contributed by atoms with Crippen molar-refractivity contribution in [2.75, 3.05) is 13.7 Å². The summed E-state index contributed by atoms with van der Waals surface area (Å²) in [7, 11) is 1.24. The van der Waals surface area contributed by atoms with Gasteiger partial charge in [0.05, 0.1) is 17.7 Å². The van der Waals surface area contributed by atoms with Gasteiger partial charge in [-0.3, -0.25) is 4.79 Å². The van der Waals surface area contributed by atoms with E-state index in [2.05, 4.69) is 10.1 Å². The van der Waals surface area contributed by atoms with Crippen LogP contribution in [0.3, 0.4) is 0 Å². The summed E-state index contributed by atoms with van der Waals surface area (Å²) in [6.07, 6.45) is 0.412. The zero-order chi connectivity index (χ0) is 18.3. The molecule has 1 aromatic carbocycles. The lowest BCUT2D eigenvalue weighted by molar-refractivity contribution is -0.145. The summed E-state index contributed by atoms with van der Waals surface area (Å²) in [5.41, 5.74) is 0.0977. The second kappa shape index (κ2) is 9.49. The van der Waals surface area contributed by atoms with E-state index in [1.165, 1.54) is 25.3 Å². The van der Waals surface area contributed by atoms with Crippen molar-refractivity contribution in [1.29, 1.82) is 0 Å². The van der Waals surface area contributed by atoms with Crippen LogP contribution in [-0.2, 0) is 19.1 Å². The van der Waals surface area contributed by atoms with Gasteiger partial charge >= 0.3 is 11.9 Å². The molecular formula is C16H19Cl2NO5. The van der Waals surface area contributed by atoms with Gasteiger partial charge in [0, 0.05) is 5.02 Å². The molecule has 0 aromatic heterocycles. The van der Waals surface area contributed by atoms with Gasteiger partial charge in [-0.05, 0) is 30.5 Å². The molecule has 6 nitrogen and oxygen atoms in total. The summed E-state index contributed by atoms with van der Waals surface area (Å²) in [6, 6.07) is 3.50. The van der Waals surface area contributed by atoms with Gasteiger partial charge in [0.2, 0.25) is 0 Å². The van der Waals surface area contributed by atoms with Crippen LogP contribution in [0.15, 0.2) is 18.2 Å². The number of carbonyl (C=O) groups is 3. The molecule has 132 valence electrons. The highest BCUT2D eigenvalue weighted by molar-refractivity contribution is 6.36. The predicted molar refractivity (Wildman–Crippen MR) is 90.1 cm³/mol. The molecule has 0 saturated heterocycles. The lowest BCUT2D eigenvalue weighted by atomic mass is 10.0. The van der Waals surface area contributed by atoms with Crippen molar-refractivity contribution < 1.29 is 23.9 Å². The largest absolute Gasteiger partial charge is 0.467 e. The Morgan fingerprint density at radius 1 is 1.21 bits per heavy atom. The van der Waals surface area contributed by atoms with E-state index in [0.29, 0.717) is 11.4 Å². The number of amides is 1. The summed E-state index contributed by atoms with van der Waals surface area (Å²) in [6.45, 7) is 3.28. The van der Waals surface area contributed by atoms with Gasteiger partial charge in [-0.25, -0.2) is 9.59 Å². The van der Waals surface area contributed by atoms with Crippen LogP contribution in [0.2, 0.25) is 10.0 Å². The molecule has 1 unspecified atom stereocenters. The number of esters is 2. The van der Waals surface area contributed by atoms with Crippen molar-refractivity contribution in [1.82, 2.24) is 5.32 Å². The number of hydrogen-bond acceptors (Lipinski definition) is 5. The molecule has 0 spiro atoms. The third kappa shape index (κ3) is 6.37. The monoisotopic (exact) mass is 375 g/mol. The Morgan fingerprint density at radius 2 is 1.88 bits per heavy atom. The Kier molecular flexibility index (Phi) is 8.01. The SMILES string of the molecule is COC(=O)C(CC(C)C)NC(=O)COC(=O)c1ccc(Cl)cc1Cl. The molecule has 8 heteroatoms. The van der Waals surface area contributed by atoms with Crippen molar-refractivity contribution in [3.05, 3.63) is 33.8 Å². The molecule has 1 amide bonds. The molecule has 0 radical (unpaired) electrons. The Balaban J connectivity index is 2.60. The van der Waals surface area contributed by atoms with Gasteiger partial charge in [0.25, 0.3) is 5.91 Å². The van der Waals surface area contributed by atoms with Gasteiger partial charge in [0.1, 0.15) is 6.04 Å². The number of halogens is 2. The van der Waals surface area contributed by atoms with Crippen LogP contribution in [0.4, 0.5) is 0 Å². The fourth-order valence-electron chi connectivity index (χ4n) is 1.93. The Hall–Kier alpha value is -1.79. The molecule has 0 bridgehead atoms. The van der Waals surface area contributed by atoms with E-state index in [9.17, 15) is 14.4 Å². The number of methoxy groups -OCH3 is 1. The van der Waals surface area contributed by atoms with Crippen LogP contribution in [0.25, 0.3) is 0 Å². The van der Waals surface area contributed by atoms with Crippen molar-refractivity contribution in [2.24, 2.45) is 5.92 Å². The average Bonchev–Trinajstić information content (AvgIpc) is 2.50. The minimum atomic E-state index is -0.791. The lowest BCUT2D eigenvalue weighted by Gasteiger charge is -2.18. The molecule has 1 aromatic rings. The molecule has 0 saturated carbocycles. The molecule has 0 aliphatic rings. The van der Waals surface area contributed by atoms with Crippen molar-refractivity contribution in [3.8, 4) is 0 Å². The Labute approximate surface area is 150 Å². The summed E-state index contributed by atoms with van der Waals surface area (Å²) < 4.78 is 9.54. The highest BCUT2D eigenvalue weighted by Gasteiger charge is 2.23. The van der Waals surface area contributed by atoms with Gasteiger partial charge in [0.15, 0.2) is 6.61 Å². The fourth-order valence-corrected chi connectivity index (χ4v) is 2.41. The molecule has 24 heavy (non-hydrogen) atoms. The summed E-state index contributed by atoms with van der Waals surface area (Å²) in [4.78, 5) is 35.4. The van der Waals surface area contributed by atoms with Crippen molar-refractivity contribution in [2.45, 2.75) is 26.3 Å². The number of benzene rings is 1. The van der Waals surface area contributed by atoms with E-state index in [1.54, 1.807) is 0 Å². The van der Waals surface area contributed by atoms with Gasteiger partial charge < -0.3 is 14.8 Å². The molecule has 1 atom stereocenters. The fraction of sp³-hybridized carbons (Fsp3) is 0.438. The van der Waals surface area contributed by atoms with E-state index in [1.807, 2.05) is 13.8 Å². The van der Waals surface area contributed by atoms with Gasteiger partial charge in [-0.15, -0.1) is 0 Å². The third-order valence-corrected chi connectivity index (χ3v) is 3.56. The number of nitrogens with one attached hydrogen (secondary N) is 1. The number of ether oxygens (including phenoxy) is 2. The first-order valence-electron chi connectivity index (χ1n) is 7.24. The molecule has 0 aliphatic heterocycles. The Bertz CT molecular complexity index is 618. The minimum absolute atomic E-state index is 0.0977. The van der Waals surface area contributed by atoms with Gasteiger partial charge in [-0.2, -0.15) is 0 Å². The zero-order valence-corrected chi connectivity index (χ0v) is 15.1. The van der Waals surface area contributed by atoms with Crippen molar-refractivity contribution >= 4 is 41.0 Å². The average molecular weight is 376 g/mol. The zero-order valence-electron chi connectivity index (χ0n) is 13.6. The predicted octanol–water partition coefficient (Wildman–Crippen LogP) is 2.85. The highest BCUT2D eigenvalue weighted by Crippen LogP contribution is 2.21. The van der Waals surface area contributed by atoms with E-state index in [4.69, 9.17) is 27.9 Å². The van der Waals surface area contributed by atoms with Crippen molar-refractivity contribution in [3.63, 3.8) is 0 Å². The quantitative estimate of drug-likeness (QED) is 0.740. The van der Waals surface area contributed by atoms with Crippen LogP contribution in [-0.4, -0.2) is 37.6 Å². The first-order chi connectivity index (χ1) is 11.2. The maximum atomic E-state index is 11.9. The number of rotatable bonds is 7. The summed E-state index contributed by atoms with van der Waals surface area (Å²) in [5, 5.41) is 2.99. The number of hydrogen-bond donors (Lipinski definition) is 1. The molecular weight excluding hydrogens is 357 g/mol. The van der Waals surface area contributed by atoms with Crippen LogP contribution in [0.1, 0.15) is 30.6 Å². The molecule has 1 N–H and O–H groups in total. The van der Waals surface area contributed by atoms with E-state index >= 15 is 0 Å². The molecule has 1 rings (SSSR count). The molecule has 0 fully saturated rings. The second-order valence-corrected chi connectivity index (χ2v) is 6.32. The maximum absolute atomic E-state index is 11.9. The molecule has 0 aliphatic carbocycles. The van der Waals surface area contributed by atoms with Gasteiger partial charge in [-0.1, -0.05) is 37.0 Å². The Morgan fingerprint density at radius 3 is 2.42 bits per heavy atom. The first-order valence-corrected chi connectivity index (χ1v) is 7.99. The van der Waals surface area contributed by atoms with E-state index < -0.39 is 30.5 Å². The minimum Gasteiger partial charge on any atom is -0.467 e. The molecule has 0 heterocycles. The van der Waals surface area contributed by atoms with Crippen LogP contribution < -0.4 is 5.32 Å². The number of carbonyl (C=O) groups excluding carboxylic acids is 3. The van der Waals surface area contributed by atoms with Crippen LogP contribution in [0.5, 0.6) is 0 Å². The normalized spacial score (nSPS) is 11.8. The smallest absolute Gasteiger partial charge is 0.340 e. The van der Waals surface area contributed by atoms with E-state index in [-0.39, 0.29) is 16.5 Å². The topological polar surface area (TPSA) is 81.7 Å². The summed E-state index contributed by atoms with van der Waals surface area (Å²) >= 11 is 11.6. The standard InChI is InChI=1S/C16H19Cl2NO5/c1-9(2)6-13(16(22)23-3)19-14(20)8-24-15(21)11-5-4-10(17)7-12(11)18/h4-5,7,9,13H,6,8H2,1-3H3,(H,19,20). The third-order valence-electron chi connectivity index (χ3n) is 3.01. The first kappa shape index (κ1) is 20.3. The highest BCUT2D eigenvalue weighted by atomic mass is 35.5. The lowest BCUT2D eigenvalue weighted by Crippen LogP contribution is -2.44. The van der Waals surface area contributed by atoms with E-state index in [0.717, 1.165) is 0 Å².